The molecule has 0 aliphatic carbocycles. The zero-order valence-corrected chi connectivity index (χ0v) is 19.7. The number of aromatic nitrogens is 4. The van der Waals surface area contributed by atoms with Gasteiger partial charge in [-0.05, 0) is 50.8 Å². The number of benzene rings is 1. The monoisotopic (exact) mass is 451 g/mol. The summed E-state index contributed by atoms with van der Waals surface area (Å²) in [4.78, 5) is 34.0. The second-order valence-electron chi connectivity index (χ2n) is 8.29. The molecule has 1 saturated heterocycles. The highest BCUT2D eigenvalue weighted by atomic mass is 16.5. The number of piperidine rings is 1. The van der Waals surface area contributed by atoms with Crippen LogP contribution in [0.4, 0.5) is 11.8 Å². The zero-order valence-electron chi connectivity index (χ0n) is 19.7. The molecule has 1 fully saturated rings. The van der Waals surface area contributed by atoms with Crippen molar-refractivity contribution in [2.45, 2.75) is 33.1 Å². The predicted octanol–water partition coefficient (Wildman–Crippen LogP) is 3.10. The van der Waals surface area contributed by atoms with Crippen LogP contribution in [-0.2, 0) is 11.2 Å². The fourth-order valence-electron chi connectivity index (χ4n) is 4.36. The van der Waals surface area contributed by atoms with Crippen LogP contribution in [0.5, 0.6) is 5.75 Å². The molecule has 2 N–H and O–H groups in total. The molecule has 0 spiro atoms. The molecule has 9 heteroatoms. The largest absolute Gasteiger partial charge is 0.497 e. The number of anilines is 2. The molecule has 3 heterocycles. The molecule has 33 heavy (non-hydrogen) atoms. The molecule has 1 atom stereocenters. The second-order valence-corrected chi connectivity index (χ2v) is 8.29. The number of hydrogen-bond acceptors (Lipinski definition) is 7. The molecular weight excluding hydrogens is 418 g/mol. The summed E-state index contributed by atoms with van der Waals surface area (Å²) < 4.78 is 5.23. The minimum absolute atomic E-state index is 0.0244. The van der Waals surface area contributed by atoms with Crippen LogP contribution in [0, 0.1) is 5.92 Å². The number of carbonyl (C=O) groups excluding carboxylic acids is 1. The third-order valence-electron chi connectivity index (χ3n) is 6.27. The van der Waals surface area contributed by atoms with Gasteiger partial charge < -0.3 is 24.8 Å². The first-order valence-electron chi connectivity index (χ1n) is 11.7. The van der Waals surface area contributed by atoms with Gasteiger partial charge in [-0.15, -0.1) is 0 Å². The molecule has 1 unspecified atom stereocenters. The fourth-order valence-corrected chi connectivity index (χ4v) is 4.36. The lowest BCUT2D eigenvalue weighted by Crippen LogP contribution is -2.45. The number of ether oxygens (including phenoxy) is 1. The Hall–Kier alpha value is -3.36. The van der Waals surface area contributed by atoms with Crippen LogP contribution in [0.3, 0.4) is 0 Å². The number of carbonyl (C=O) groups is 1. The average molecular weight is 452 g/mol. The Bertz CT molecular complexity index is 1060. The van der Waals surface area contributed by atoms with E-state index in [9.17, 15) is 4.79 Å². The zero-order chi connectivity index (χ0) is 23.2. The van der Waals surface area contributed by atoms with Crippen LogP contribution in [0.15, 0.2) is 30.6 Å². The fraction of sp³-hybridized carbons (Fsp3) is 0.500. The normalized spacial score (nSPS) is 16.1. The van der Waals surface area contributed by atoms with Crippen LogP contribution in [0.1, 0.15) is 32.3 Å². The summed E-state index contributed by atoms with van der Waals surface area (Å²) in [6.45, 7) is 7.73. The lowest BCUT2D eigenvalue weighted by Gasteiger charge is -2.34. The number of fused-ring (bicyclic) bond motifs is 1. The van der Waals surface area contributed by atoms with Gasteiger partial charge in [-0.1, -0.05) is 12.1 Å². The number of hydrogen-bond donors (Lipinski definition) is 2. The molecule has 4 rings (SSSR count). The van der Waals surface area contributed by atoms with Gasteiger partial charge in [0, 0.05) is 32.7 Å². The van der Waals surface area contributed by atoms with Crippen molar-refractivity contribution in [1.29, 1.82) is 0 Å². The standard InChI is InChI=1S/C24H33N7O2/c1-4-30(5-2)23(32)18-7-6-14-31(15-18)24-28-21(20-22(29-24)27-16-26-20)25-13-12-17-8-10-19(33-3)11-9-17/h8-11,16,18H,4-7,12-15H2,1-3H3,(H2,25,26,27,28,29). The van der Waals surface area contributed by atoms with Crippen molar-refractivity contribution in [3.63, 3.8) is 0 Å². The summed E-state index contributed by atoms with van der Waals surface area (Å²) in [5, 5.41) is 3.45. The van der Waals surface area contributed by atoms with Crippen molar-refractivity contribution in [2.75, 3.05) is 50.1 Å². The smallest absolute Gasteiger partial charge is 0.229 e. The first kappa shape index (κ1) is 22.8. The highest BCUT2D eigenvalue weighted by Crippen LogP contribution is 2.26. The Morgan fingerprint density at radius 3 is 2.76 bits per heavy atom. The first-order chi connectivity index (χ1) is 16.1. The molecule has 1 aliphatic heterocycles. The molecule has 0 saturated carbocycles. The number of nitrogens with one attached hydrogen (secondary N) is 2. The van der Waals surface area contributed by atoms with Gasteiger partial charge in [0.25, 0.3) is 0 Å². The van der Waals surface area contributed by atoms with E-state index in [0.29, 0.717) is 18.1 Å². The number of imidazole rings is 1. The van der Waals surface area contributed by atoms with E-state index in [1.54, 1.807) is 13.4 Å². The van der Waals surface area contributed by atoms with Crippen molar-refractivity contribution in [2.24, 2.45) is 5.92 Å². The summed E-state index contributed by atoms with van der Waals surface area (Å²) >= 11 is 0. The van der Waals surface area contributed by atoms with E-state index in [0.717, 1.165) is 62.5 Å². The Kier molecular flexibility index (Phi) is 7.26. The lowest BCUT2D eigenvalue weighted by molar-refractivity contribution is -0.135. The third kappa shape index (κ3) is 5.18. The molecule has 0 bridgehead atoms. The maximum absolute atomic E-state index is 12.9. The van der Waals surface area contributed by atoms with E-state index in [-0.39, 0.29) is 11.8 Å². The van der Waals surface area contributed by atoms with Gasteiger partial charge in [-0.2, -0.15) is 9.97 Å². The highest BCUT2D eigenvalue weighted by Gasteiger charge is 2.30. The Labute approximate surface area is 194 Å². The van der Waals surface area contributed by atoms with Gasteiger partial charge >= 0.3 is 0 Å². The van der Waals surface area contributed by atoms with Crippen molar-refractivity contribution in [3.8, 4) is 5.75 Å². The summed E-state index contributed by atoms with van der Waals surface area (Å²) in [6.07, 6.45) is 4.34. The van der Waals surface area contributed by atoms with E-state index in [4.69, 9.17) is 9.72 Å². The molecule has 1 aliphatic rings. The second kappa shape index (κ2) is 10.5. The van der Waals surface area contributed by atoms with Gasteiger partial charge in [-0.3, -0.25) is 4.79 Å². The van der Waals surface area contributed by atoms with Gasteiger partial charge in [0.15, 0.2) is 11.5 Å². The number of methoxy groups -OCH3 is 1. The minimum Gasteiger partial charge on any atom is -0.497 e. The Balaban J connectivity index is 1.47. The highest BCUT2D eigenvalue weighted by molar-refractivity contribution is 5.84. The Morgan fingerprint density at radius 1 is 1.24 bits per heavy atom. The van der Waals surface area contributed by atoms with Crippen molar-refractivity contribution < 1.29 is 9.53 Å². The molecule has 9 nitrogen and oxygen atoms in total. The van der Waals surface area contributed by atoms with Gasteiger partial charge in [0.1, 0.15) is 11.3 Å². The molecule has 176 valence electrons. The molecule has 0 radical (unpaired) electrons. The van der Waals surface area contributed by atoms with Crippen LogP contribution in [-0.4, -0.2) is 70.6 Å². The summed E-state index contributed by atoms with van der Waals surface area (Å²) in [5.41, 5.74) is 2.64. The van der Waals surface area contributed by atoms with Crippen molar-refractivity contribution >= 4 is 28.8 Å². The summed E-state index contributed by atoms with van der Waals surface area (Å²) in [5.74, 6) is 2.41. The van der Waals surface area contributed by atoms with Crippen molar-refractivity contribution in [3.05, 3.63) is 36.2 Å². The lowest BCUT2D eigenvalue weighted by atomic mass is 9.96. The van der Waals surface area contributed by atoms with Crippen LogP contribution in [0.25, 0.3) is 11.2 Å². The molecule has 2 aromatic heterocycles. The number of amides is 1. The third-order valence-corrected chi connectivity index (χ3v) is 6.27. The molecule has 1 aromatic carbocycles. The molecule has 1 amide bonds. The van der Waals surface area contributed by atoms with E-state index in [2.05, 4.69) is 37.3 Å². The number of H-pyrrole nitrogens is 1. The van der Waals surface area contributed by atoms with E-state index in [1.807, 2.05) is 30.9 Å². The molecular formula is C24H33N7O2. The van der Waals surface area contributed by atoms with E-state index < -0.39 is 0 Å². The van der Waals surface area contributed by atoms with Crippen LogP contribution in [0.2, 0.25) is 0 Å². The predicted molar refractivity (Wildman–Crippen MR) is 130 cm³/mol. The van der Waals surface area contributed by atoms with Gasteiger partial charge in [-0.25, -0.2) is 4.98 Å². The minimum atomic E-state index is -0.0244. The molecule has 3 aromatic rings. The van der Waals surface area contributed by atoms with Crippen molar-refractivity contribution in [1.82, 2.24) is 24.8 Å². The maximum Gasteiger partial charge on any atom is 0.229 e. The topological polar surface area (TPSA) is 99.3 Å². The number of aromatic amines is 1. The number of rotatable bonds is 9. The summed E-state index contributed by atoms with van der Waals surface area (Å²) in [6, 6.07) is 8.08. The van der Waals surface area contributed by atoms with Crippen LogP contribution >= 0.6 is 0 Å². The van der Waals surface area contributed by atoms with E-state index >= 15 is 0 Å². The quantitative estimate of drug-likeness (QED) is 0.516. The SMILES string of the molecule is CCN(CC)C(=O)C1CCCN(c2nc(NCCc3ccc(OC)cc3)c3[nH]cnc3n2)C1. The van der Waals surface area contributed by atoms with E-state index in [1.165, 1.54) is 5.56 Å². The summed E-state index contributed by atoms with van der Waals surface area (Å²) in [7, 11) is 1.67. The van der Waals surface area contributed by atoms with Gasteiger partial charge in [0.05, 0.1) is 19.4 Å². The number of nitrogens with zero attached hydrogens (tertiary/aromatic N) is 5. The maximum atomic E-state index is 12.9. The first-order valence-corrected chi connectivity index (χ1v) is 11.7. The average Bonchev–Trinajstić information content (AvgIpc) is 3.34. The van der Waals surface area contributed by atoms with Gasteiger partial charge in [0.2, 0.25) is 11.9 Å². The Morgan fingerprint density at radius 2 is 2.03 bits per heavy atom. The van der Waals surface area contributed by atoms with Crippen LogP contribution < -0.4 is 15.0 Å².